The Bertz CT molecular complexity index is 733. The van der Waals surface area contributed by atoms with Crippen molar-refractivity contribution >= 4 is 23.0 Å². The monoisotopic (exact) mass is 360 g/mol. The topological polar surface area (TPSA) is 41.9 Å². The summed E-state index contributed by atoms with van der Waals surface area (Å²) in [5, 5.41) is 12.0. The van der Waals surface area contributed by atoms with E-state index in [4.69, 9.17) is 12.2 Å². The number of rotatable bonds is 4. The van der Waals surface area contributed by atoms with Crippen LogP contribution in [0.25, 0.3) is 0 Å². The molecule has 0 amide bonds. The third kappa shape index (κ3) is 4.57. The van der Waals surface area contributed by atoms with E-state index in [-0.39, 0.29) is 5.82 Å². The van der Waals surface area contributed by atoms with Gasteiger partial charge in [-0.05, 0) is 56.6 Å². The molecule has 6 heteroatoms. The Labute approximate surface area is 153 Å². The Morgan fingerprint density at radius 2 is 1.88 bits per heavy atom. The van der Waals surface area contributed by atoms with Crippen molar-refractivity contribution in [2.45, 2.75) is 58.5 Å². The maximum atomic E-state index is 13.1. The molecule has 1 aliphatic carbocycles. The quantitative estimate of drug-likeness (QED) is 0.798. The predicted octanol–water partition coefficient (Wildman–Crippen LogP) is 4.31. The van der Waals surface area contributed by atoms with E-state index in [0.717, 1.165) is 22.6 Å². The summed E-state index contributed by atoms with van der Waals surface area (Å²) >= 11 is 5.49. The average molecular weight is 361 g/mol. The molecular weight excluding hydrogens is 335 g/mol. The highest BCUT2D eigenvalue weighted by molar-refractivity contribution is 7.80. The molecule has 25 heavy (non-hydrogen) atoms. The number of halogens is 1. The van der Waals surface area contributed by atoms with Crippen LogP contribution in [0.4, 0.5) is 10.1 Å². The molecule has 1 aliphatic rings. The second kappa shape index (κ2) is 7.95. The molecular formula is C19H25FN4S. The van der Waals surface area contributed by atoms with Gasteiger partial charge in [0.15, 0.2) is 5.11 Å². The van der Waals surface area contributed by atoms with Gasteiger partial charge in [-0.25, -0.2) is 4.39 Å². The van der Waals surface area contributed by atoms with E-state index < -0.39 is 0 Å². The number of hydrogen-bond acceptors (Lipinski definition) is 2. The summed E-state index contributed by atoms with van der Waals surface area (Å²) in [6.45, 7) is 4.60. The highest BCUT2D eigenvalue weighted by Gasteiger charge is 2.17. The van der Waals surface area contributed by atoms with Crippen LogP contribution in [0.15, 0.2) is 24.3 Å². The SMILES string of the molecule is Cc1nn(Cc2ccc(F)cc2)c(C)c1NC(=S)NC1CCCCC1. The zero-order chi connectivity index (χ0) is 17.8. The maximum absolute atomic E-state index is 13.1. The molecule has 0 bridgehead atoms. The Morgan fingerprint density at radius 3 is 2.56 bits per heavy atom. The molecule has 1 fully saturated rings. The molecule has 1 aromatic heterocycles. The lowest BCUT2D eigenvalue weighted by atomic mass is 9.96. The Kier molecular flexibility index (Phi) is 5.68. The summed E-state index contributed by atoms with van der Waals surface area (Å²) < 4.78 is 15.0. The first kappa shape index (κ1) is 17.9. The van der Waals surface area contributed by atoms with Crippen molar-refractivity contribution in [3.05, 3.63) is 47.0 Å². The molecule has 0 radical (unpaired) electrons. The van der Waals surface area contributed by atoms with Crippen LogP contribution < -0.4 is 10.6 Å². The molecule has 2 N–H and O–H groups in total. The van der Waals surface area contributed by atoms with E-state index in [9.17, 15) is 4.39 Å². The number of thiocarbonyl (C=S) groups is 1. The first-order chi connectivity index (χ1) is 12.0. The first-order valence-corrected chi connectivity index (χ1v) is 9.29. The van der Waals surface area contributed by atoms with Crippen LogP contribution in [0, 0.1) is 19.7 Å². The van der Waals surface area contributed by atoms with Gasteiger partial charge in [-0.3, -0.25) is 4.68 Å². The number of nitrogens with zero attached hydrogens (tertiary/aromatic N) is 2. The van der Waals surface area contributed by atoms with Gasteiger partial charge in [0.05, 0.1) is 23.6 Å². The molecule has 1 heterocycles. The van der Waals surface area contributed by atoms with Crippen LogP contribution >= 0.6 is 12.2 Å². The summed E-state index contributed by atoms with van der Waals surface area (Å²) in [6, 6.07) is 7.00. The van der Waals surface area contributed by atoms with Crippen LogP contribution in [0.1, 0.15) is 49.1 Å². The Hall–Kier alpha value is -1.95. The molecule has 4 nitrogen and oxygen atoms in total. The van der Waals surface area contributed by atoms with Crippen molar-refractivity contribution in [2.75, 3.05) is 5.32 Å². The largest absolute Gasteiger partial charge is 0.360 e. The molecule has 0 atom stereocenters. The Morgan fingerprint density at radius 1 is 1.20 bits per heavy atom. The van der Waals surface area contributed by atoms with Gasteiger partial charge in [-0.1, -0.05) is 31.4 Å². The van der Waals surface area contributed by atoms with Crippen molar-refractivity contribution in [2.24, 2.45) is 0 Å². The number of hydrogen-bond donors (Lipinski definition) is 2. The summed E-state index contributed by atoms with van der Waals surface area (Å²) in [5.41, 5.74) is 3.90. The summed E-state index contributed by atoms with van der Waals surface area (Å²) in [7, 11) is 0. The van der Waals surface area contributed by atoms with E-state index in [1.165, 1.54) is 44.2 Å². The summed E-state index contributed by atoms with van der Waals surface area (Å²) in [6.07, 6.45) is 6.24. The fourth-order valence-electron chi connectivity index (χ4n) is 3.38. The van der Waals surface area contributed by atoms with E-state index >= 15 is 0 Å². The van der Waals surface area contributed by atoms with Crippen molar-refractivity contribution in [1.82, 2.24) is 15.1 Å². The van der Waals surface area contributed by atoms with Crippen molar-refractivity contribution < 1.29 is 4.39 Å². The molecule has 1 saturated carbocycles. The van der Waals surface area contributed by atoms with E-state index in [2.05, 4.69) is 15.7 Å². The van der Waals surface area contributed by atoms with Gasteiger partial charge in [0.1, 0.15) is 5.82 Å². The van der Waals surface area contributed by atoms with Crippen LogP contribution in [0.5, 0.6) is 0 Å². The van der Waals surface area contributed by atoms with Crippen LogP contribution in [-0.4, -0.2) is 20.9 Å². The number of anilines is 1. The molecule has 3 rings (SSSR count). The number of aryl methyl sites for hydroxylation is 1. The zero-order valence-corrected chi connectivity index (χ0v) is 15.6. The van der Waals surface area contributed by atoms with E-state index in [1.54, 1.807) is 12.1 Å². The molecule has 1 aromatic carbocycles. The molecule has 0 spiro atoms. The van der Waals surface area contributed by atoms with Crippen LogP contribution in [0.3, 0.4) is 0 Å². The zero-order valence-electron chi connectivity index (χ0n) is 14.8. The fraction of sp³-hybridized carbons (Fsp3) is 0.474. The minimum absolute atomic E-state index is 0.224. The molecule has 134 valence electrons. The van der Waals surface area contributed by atoms with Crippen molar-refractivity contribution in [1.29, 1.82) is 0 Å². The van der Waals surface area contributed by atoms with Crippen LogP contribution in [-0.2, 0) is 6.54 Å². The fourth-order valence-corrected chi connectivity index (χ4v) is 3.65. The summed E-state index contributed by atoms with van der Waals surface area (Å²) in [5.74, 6) is -0.224. The minimum Gasteiger partial charge on any atom is -0.360 e. The van der Waals surface area contributed by atoms with Crippen LogP contribution in [0.2, 0.25) is 0 Å². The maximum Gasteiger partial charge on any atom is 0.171 e. The normalized spacial score (nSPS) is 15.2. The Balaban J connectivity index is 1.66. The molecule has 0 aliphatic heterocycles. The molecule has 0 unspecified atom stereocenters. The van der Waals surface area contributed by atoms with Crippen molar-refractivity contribution in [3.63, 3.8) is 0 Å². The standard InChI is InChI=1S/C19H25FN4S/c1-13-18(22-19(25)21-17-6-4-3-5-7-17)14(2)24(23-13)12-15-8-10-16(20)11-9-15/h8-11,17H,3-7,12H2,1-2H3,(H2,21,22,25). The lowest BCUT2D eigenvalue weighted by Crippen LogP contribution is -2.39. The second-order valence-electron chi connectivity index (χ2n) is 6.76. The van der Waals surface area contributed by atoms with Gasteiger partial charge < -0.3 is 10.6 Å². The lowest BCUT2D eigenvalue weighted by molar-refractivity contribution is 0.415. The third-order valence-electron chi connectivity index (χ3n) is 4.81. The number of nitrogens with one attached hydrogen (secondary N) is 2. The van der Waals surface area contributed by atoms with Gasteiger partial charge in [0.2, 0.25) is 0 Å². The smallest absolute Gasteiger partial charge is 0.171 e. The highest BCUT2D eigenvalue weighted by atomic mass is 32.1. The van der Waals surface area contributed by atoms with Gasteiger partial charge in [0, 0.05) is 6.04 Å². The van der Waals surface area contributed by atoms with Gasteiger partial charge >= 0.3 is 0 Å². The lowest BCUT2D eigenvalue weighted by Gasteiger charge is -2.24. The number of benzene rings is 1. The minimum atomic E-state index is -0.224. The average Bonchev–Trinajstić information content (AvgIpc) is 2.85. The predicted molar refractivity (Wildman–Crippen MR) is 103 cm³/mol. The molecule has 2 aromatic rings. The van der Waals surface area contributed by atoms with Gasteiger partial charge in [-0.2, -0.15) is 5.10 Å². The van der Waals surface area contributed by atoms with E-state index in [1.807, 2.05) is 18.5 Å². The first-order valence-electron chi connectivity index (χ1n) is 8.89. The summed E-state index contributed by atoms with van der Waals surface area (Å²) in [4.78, 5) is 0. The van der Waals surface area contributed by atoms with E-state index in [0.29, 0.717) is 17.7 Å². The number of aromatic nitrogens is 2. The van der Waals surface area contributed by atoms with Gasteiger partial charge in [-0.15, -0.1) is 0 Å². The van der Waals surface area contributed by atoms with Gasteiger partial charge in [0.25, 0.3) is 0 Å². The second-order valence-corrected chi connectivity index (χ2v) is 7.17. The highest BCUT2D eigenvalue weighted by Crippen LogP contribution is 2.21. The van der Waals surface area contributed by atoms with Crippen molar-refractivity contribution in [3.8, 4) is 0 Å². The third-order valence-corrected chi connectivity index (χ3v) is 5.03. The molecule has 0 saturated heterocycles.